The van der Waals surface area contributed by atoms with Crippen LogP contribution >= 0.6 is 0 Å². The third-order valence-electron chi connectivity index (χ3n) is 2.74. The summed E-state index contributed by atoms with van der Waals surface area (Å²) in [7, 11) is 0. The fourth-order valence-electron chi connectivity index (χ4n) is 1.85. The minimum atomic E-state index is -0.563. The highest BCUT2D eigenvalue weighted by molar-refractivity contribution is 5.94. The van der Waals surface area contributed by atoms with Gasteiger partial charge in [0.25, 0.3) is 5.91 Å². The van der Waals surface area contributed by atoms with Crippen molar-refractivity contribution in [3.05, 3.63) is 24.3 Å². The third-order valence-corrected chi connectivity index (χ3v) is 2.74. The van der Waals surface area contributed by atoms with Gasteiger partial charge in [-0.3, -0.25) is 10.1 Å². The summed E-state index contributed by atoms with van der Waals surface area (Å²) in [4.78, 5) is 19.2. The molecule has 18 heavy (non-hydrogen) atoms. The Morgan fingerprint density at radius 3 is 3.06 bits per heavy atom. The number of carbonyl (C=O) groups excluding carboxylic acids is 1. The van der Waals surface area contributed by atoms with Crippen molar-refractivity contribution in [2.45, 2.75) is 6.10 Å². The van der Waals surface area contributed by atoms with Gasteiger partial charge < -0.3 is 14.5 Å². The Bertz CT molecular complexity index is 527. The van der Waals surface area contributed by atoms with E-state index in [1.807, 2.05) is 24.3 Å². The van der Waals surface area contributed by atoms with Crippen molar-refractivity contribution in [3.63, 3.8) is 0 Å². The molecule has 1 unspecified atom stereocenters. The lowest BCUT2D eigenvalue weighted by Gasteiger charge is -2.21. The molecule has 6 nitrogen and oxygen atoms in total. The molecule has 2 N–H and O–H groups in total. The van der Waals surface area contributed by atoms with Crippen LogP contribution in [0.1, 0.15) is 0 Å². The van der Waals surface area contributed by atoms with Crippen LogP contribution in [0, 0.1) is 0 Å². The zero-order valence-electron chi connectivity index (χ0n) is 9.68. The topological polar surface area (TPSA) is 76.2 Å². The number of para-hydroxylation sites is 2. The Hall–Kier alpha value is -1.92. The number of nitrogens with one attached hydrogen (secondary N) is 2. The Morgan fingerprint density at radius 1 is 1.39 bits per heavy atom. The van der Waals surface area contributed by atoms with E-state index in [-0.39, 0.29) is 12.5 Å². The highest BCUT2D eigenvalue weighted by Gasteiger charge is 2.23. The van der Waals surface area contributed by atoms with Gasteiger partial charge in [-0.1, -0.05) is 12.1 Å². The number of anilines is 1. The Balaban J connectivity index is 1.73. The monoisotopic (exact) mass is 247 g/mol. The molecular weight excluding hydrogens is 234 g/mol. The number of amides is 1. The van der Waals surface area contributed by atoms with Gasteiger partial charge in [0.2, 0.25) is 5.95 Å². The van der Waals surface area contributed by atoms with Crippen molar-refractivity contribution >= 4 is 22.9 Å². The Morgan fingerprint density at radius 2 is 2.28 bits per heavy atom. The molecule has 0 aliphatic carbocycles. The summed E-state index contributed by atoms with van der Waals surface area (Å²) in [5.41, 5.74) is 1.70. The lowest BCUT2D eigenvalue weighted by atomic mass is 10.3. The molecule has 0 bridgehead atoms. The van der Waals surface area contributed by atoms with Crippen LogP contribution in [-0.2, 0) is 14.3 Å². The number of benzene rings is 1. The zero-order valence-corrected chi connectivity index (χ0v) is 9.68. The Kier molecular flexibility index (Phi) is 2.95. The minimum absolute atomic E-state index is 0.242. The summed E-state index contributed by atoms with van der Waals surface area (Å²) in [5.74, 6) is 0.184. The summed E-state index contributed by atoms with van der Waals surface area (Å²) in [6.07, 6.45) is -0.563. The number of rotatable bonds is 2. The highest BCUT2D eigenvalue weighted by atomic mass is 16.6. The van der Waals surface area contributed by atoms with E-state index in [1.54, 1.807) is 0 Å². The SMILES string of the molecule is O=C(Nc1nc2ccccc2[nH]1)C1COCCO1. The molecule has 1 fully saturated rings. The first kappa shape index (κ1) is 11.2. The molecule has 1 amide bonds. The molecule has 0 saturated carbocycles. The van der Waals surface area contributed by atoms with Crippen LogP contribution in [0.5, 0.6) is 0 Å². The number of aromatic nitrogens is 2. The third kappa shape index (κ3) is 2.20. The molecular formula is C12H13N3O3. The maximum Gasteiger partial charge on any atom is 0.258 e. The summed E-state index contributed by atoms with van der Waals surface area (Å²) in [5, 5.41) is 2.69. The van der Waals surface area contributed by atoms with Gasteiger partial charge in [-0.05, 0) is 12.1 Å². The molecule has 0 radical (unpaired) electrons. The summed E-state index contributed by atoms with van der Waals surface area (Å²) in [6, 6.07) is 7.58. The van der Waals surface area contributed by atoms with Crippen LogP contribution < -0.4 is 5.32 Å². The van der Waals surface area contributed by atoms with E-state index in [2.05, 4.69) is 15.3 Å². The summed E-state index contributed by atoms with van der Waals surface area (Å²) in [6.45, 7) is 1.26. The first-order chi connectivity index (χ1) is 8.83. The standard InChI is InChI=1S/C12H13N3O3/c16-11(10-7-17-5-6-18-10)15-12-13-8-3-1-2-4-9(8)14-12/h1-4,10H,5-7H2,(H2,13,14,15,16). The predicted octanol–water partition coefficient (Wildman–Crippen LogP) is 0.917. The maximum absolute atomic E-state index is 11.9. The quantitative estimate of drug-likeness (QED) is 0.827. The van der Waals surface area contributed by atoms with E-state index in [0.29, 0.717) is 19.2 Å². The van der Waals surface area contributed by atoms with Gasteiger partial charge in [0.05, 0.1) is 30.9 Å². The van der Waals surface area contributed by atoms with E-state index in [0.717, 1.165) is 11.0 Å². The van der Waals surface area contributed by atoms with Crippen LogP contribution in [-0.4, -0.2) is 41.8 Å². The van der Waals surface area contributed by atoms with Crippen molar-refractivity contribution in [3.8, 4) is 0 Å². The van der Waals surface area contributed by atoms with E-state index >= 15 is 0 Å². The van der Waals surface area contributed by atoms with Crippen molar-refractivity contribution in [1.82, 2.24) is 9.97 Å². The lowest BCUT2D eigenvalue weighted by Crippen LogP contribution is -2.39. The number of ether oxygens (including phenoxy) is 2. The molecule has 1 saturated heterocycles. The maximum atomic E-state index is 11.9. The second-order valence-electron chi connectivity index (χ2n) is 4.03. The van der Waals surface area contributed by atoms with Crippen LogP contribution in [0.3, 0.4) is 0 Å². The number of aromatic amines is 1. The smallest absolute Gasteiger partial charge is 0.258 e. The van der Waals surface area contributed by atoms with Crippen LogP contribution in [0.2, 0.25) is 0 Å². The predicted molar refractivity (Wildman–Crippen MR) is 65.3 cm³/mol. The van der Waals surface area contributed by atoms with E-state index in [9.17, 15) is 4.79 Å². The molecule has 94 valence electrons. The second kappa shape index (κ2) is 4.75. The number of fused-ring (bicyclic) bond motifs is 1. The molecule has 2 aromatic rings. The minimum Gasteiger partial charge on any atom is -0.376 e. The molecule has 0 spiro atoms. The molecule has 1 aliphatic heterocycles. The molecule has 6 heteroatoms. The van der Waals surface area contributed by atoms with Gasteiger partial charge in [-0.2, -0.15) is 0 Å². The molecule has 1 aromatic carbocycles. The van der Waals surface area contributed by atoms with Gasteiger partial charge in [-0.15, -0.1) is 0 Å². The van der Waals surface area contributed by atoms with Crippen molar-refractivity contribution in [2.24, 2.45) is 0 Å². The largest absolute Gasteiger partial charge is 0.376 e. The van der Waals surface area contributed by atoms with Crippen molar-refractivity contribution < 1.29 is 14.3 Å². The number of nitrogens with zero attached hydrogens (tertiary/aromatic N) is 1. The number of hydrogen-bond donors (Lipinski definition) is 2. The van der Waals surface area contributed by atoms with E-state index < -0.39 is 6.10 Å². The lowest BCUT2D eigenvalue weighted by molar-refractivity contribution is -0.142. The first-order valence-corrected chi connectivity index (χ1v) is 5.78. The van der Waals surface area contributed by atoms with Gasteiger partial charge in [0.15, 0.2) is 6.10 Å². The molecule has 1 atom stereocenters. The molecule has 1 aliphatic rings. The van der Waals surface area contributed by atoms with Crippen molar-refractivity contribution in [2.75, 3.05) is 25.1 Å². The van der Waals surface area contributed by atoms with E-state index in [1.165, 1.54) is 0 Å². The fourth-order valence-corrected chi connectivity index (χ4v) is 1.85. The van der Waals surface area contributed by atoms with Gasteiger partial charge >= 0.3 is 0 Å². The summed E-state index contributed by atoms with van der Waals surface area (Å²) < 4.78 is 10.5. The van der Waals surface area contributed by atoms with Gasteiger partial charge in [0, 0.05) is 0 Å². The van der Waals surface area contributed by atoms with Crippen LogP contribution in [0.25, 0.3) is 11.0 Å². The highest BCUT2D eigenvalue weighted by Crippen LogP contribution is 2.14. The number of hydrogen-bond acceptors (Lipinski definition) is 4. The first-order valence-electron chi connectivity index (χ1n) is 5.78. The average Bonchev–Trinajstić information content (AvgIpc) is 2.82. The van der Waals surface area contributed by atoms with Crippen LogP contribution in [0.4, 0.5) is 5.95 Å². The number of carbonyl (C=O) groups is 1. The van der Waals surface area contributed by atoms with Gasteiger partial charge in [-0.25, -0.2) is 4.98 Å². The fraction of sp³-hybridized carbons (Fsp3) is 0.333. The second-order valence-corrected chi connectivity index (χ2v) is 4.03. The number of imidazole rings is 1. The van der Waals surface area contributed by atoms with Crippen molar-refractivity contribution in [1.29, 1.82) is 0 Å². The number of H-pyrrole nitrogens is 1. The van der Waals surface area contributed by atoms with Gasteiger partial charge in [0.1, 0.15) is 0 Å². The Labute approximate surface area is 103 Å². The molecule has 3 rings (SSSR count). The molecule has 2 heterocycles. The van der Waals surface area contributed by atoms with Crippen LogP contribution in [0.15, 0.2) is 24.3 Å². The summed E-state index contributed by atoms with van der Waals surface area (Å²) >= 11 is 0. The average molecular weight is 247 g/mol. The zero-order chi connectivity index (χ0) is 12.4. The normalized spacial score (nSPS) is 19.9. The van der Waals surface area contributed by atoms with E-state index in [4.69, 9.17) is 9.47 Å². The molecule has 1 aromatic heterocycles.